The number of nitrogens with zero attached hydrogens (tertiary/aromatic N) is 2. The minimum absolute atomic E-state index is 0.0291. The van der Waals surface area contributed by atoms with Crippen LogP contribution >= 0.6 is 12.2 Å². The number of carbonyl (C=O) groups excluding carboxylic acids is 1. The smallest absolute Gasteiger partial charge is 0.260 e. The molecule has 0 radical (unpaired) electrons. The van der Waals surface area contributed by atoms with Crippen molar-refractivity contribution in [3.8, 4) is 11.5 Å². The summed E-state index contributed by atoms with van der Waals surface area (Å²) in [5.41, 5.74) is 0.889. The van der Waals surface area contributed by atoms with E-state index in [-0.39, 0.29) is 24.7 Å². The Morgan fingerprint density at radius 3 is 2.46 bits per heavy atom. The fraction of sp³-hybridized carbons (Fsp3) is 0.600. The second-order valence-electron chi connectivity index (χ2n) is 7.11. The SMILES string of the molecule is COc1cc(C(=S)N2C[C@@H](C)O[C@@H](C)C2)ccc1OCC(=O)N1CCOCC1. The highest BCUT2D eigenvalue weighted by Crippen LogP contribution is 2.29. The summed E-state index contributed by atoms with van der Waals surface area (Å²) >= 11 is 5.69. The predicted molar refractivity (Wildman–Crippen MR) is 109 cm³/mol. The molecule has 0 saturated carbocycles. The lowest BCUT2D eigenvalue weighted by Crippen LogP contribution is -2.47. The minimum Gasteiger partial charge on any atom is -0.493 e. The van der Waals surface area contributed by atoms with Crippen molar-refractivity contribution in [1.29, 1.82) is 0 Å². The van der Waals surface area contributed by atoms with Crippen LogP contribution in [0.15, 0.2) is 18.2 Å². The third-order valence-corrected chi connectivity index (χ3v) is 5.33. The van der Waals surface area contributed by atoms with E-state index < -0.39 is 0 Å². The van der Waals surface area contributed by atoms with E-state index >= 15 is 0 Å². The second kappa shape index (κ2) is 9.54. The zero-order valence-corrected chi connectivity index (χ0v) is 17.5. The van der Waals surface area contributed by atoms with E-state index in [1.165, 1.54) is 0 Å². The topological polar surface area (TPSA) is 60.5 Å². The minimum atomic E-state index is -0.0544. The third-order valence-electron chi connectivity index (χ3n) is 4.83. The van der Waals surface area contributed by atoms with Crippen molar-refractivity contribution < 1.29 is 23.7 Å². The highest BCUT2D eigenvalue weighted by Gasteiger charge is 2.25. The van der Waals surface area contributed by atoms with E-state index in [9.17, 15) is 4.79 Å². The molecule has 1 aromatic carbocycles. The summed E-state index contributed by atoms with van der Waals surface area (Å²) in [6.07, 6.45) is 0.273. The van der Waals surface area contributed by atoms with Gasteiger partial charge in [0, 0.05) is 31.7 Å². The van der Waals surface area contributed by atoms with Crippen molar-refractivity contribution in [2.75, 3.05) is 53.1 Å². The van der Waals surface area contributed by atoms with Crippen LogP contribution in [0.5, 0.6) is 11.5 Å². The molecule has 8 heteroatoms. The van der Waals surface area contributed by atoms with Crippen molar-refractivity contribution in [2.45, 2.75) is 26.1 Å². The quantitative estimate of drug-likeness (QED) is 0.688. The van der Waals surface area contributed by atoms with Crippen LogP contribution in [0, 0.1) is 0 Å². The van der Waals surface area contributed by atoms with Crippen LogP contribution < -0.4 is 9.47 Å². The van der Waals surface area contributed by atoms with Gasteiger partial charge in [-0.25, -0.2) is 0 Å². The standard InChI is InChI=1S/C20H28N2O5S/c1-14-11-22(12-15(2)27-14)20(28)16-4-5-17(18(10-16)24-3)26-13-19(23)21-6-8-25-9-7-21/h4-5,10,14-15H,6-9,11-13H2,1-3H3/t14-,15+. The lowest BCUT2D eigenvalue weighted by molar-refractivity contribution is -0.137. The summed E-state index contributed by atoms with van der Waals surface area (Å²) in [5.74, 6) is 1.03. The van der Waals surface area contributed by atoms with Gasteiger partial charge in [-0.1, -0.05) is 12.2 Å². The fourth-order valence-corrected chi connectivity index (χ4v) is 3.77. The van der Waals surface area contributed by atoms with Crippen LogP contribution in [-0.4, -0.2) is 86.0 Å². The Balaban J connectivity index is 1.64. The van der Waals surface area contributed by atoms with Crippen molar-refractivity contribution in [2.24, 2.45) is 0 Å². The van der Waals surface area contributed by atoms with Gasteiger partial charge in [-0.3, -0.25) is 4.79 Å². The van der Waals surface area contributed by atoms with Gasteiger partial charge in [-0.15, -0.1) is 0 Å². The molecule has 0 bridgehead atoms. The zero-order chi connectivity index (χ0) is 20.1. The van der Waals surface area contributed by atoms with Crippen LogP contribution in [0.3, 0.4) is 0 Å². The first-order valence-corrected chi connectivity index (χ1v) is 10.00. The first-order valence-electron chi connectivity index (χ1n) is 9.59. The molecule has 2 saturated heterocycles. The Labute approximate surface area is 171 Å². The van der Waals surface area contributed by atoms with Gasteiger partial charge in [0.25, 0.3) is 5.91 Å². The van der Waals surface area contributed by atoms with Gasteiger partial charge in [0.2, 0.25) is 0 Å². The van der Waals surface area contributed by atoms with E-state index in [0.717, 1.165) is 23.6 Å². The Morgan fingerprint density at radius 2 is 1.82 bits per heavy atom. The number of methoxy groups -OCH3 is 1. The van der Waals surface area contributed by atoms with E-state index in [2.05, 4.69) is 4.90 Å². The van der Waals surface area contributed by atoms with E-state index in [1.807, 2.05) is 26.0 Å². The summed E-state index contributed by atoms with van der Waals surface area (Å²) in [7, 11) is 1.58. The highest BCUT2D eigenvalue weighted by molar-refractivity contribution is 7.80. The summed E-state index contributed by atoms with van der Waals surface area (Å²) in [5, 5.41) is 0. The van der Waals surface area contributed by atoms with Crippen molar-refractivity contribution in [3.63, 3.8) is 0 Å². The van der Waals surface area contributed by atoms with Crippen LogP contribution in [0.2, 0.25) is 0 Å². The molecule has 2 atom stereocenters. The molecule has 2 heterocycles. The number of rotatable bonds is 5. The lowest BCUT2D eigenvalue weighted by Gasteiger charge is -2.37. The first-order chi connectivity index (χ1) is 13.5. The lowest BCUT2D eigenvalue weighted by atomic mass is 10.1. The zero-order valence-electron chi connectivity index (χ0n) is 16.7. The first kappa shape index (κ1) is 20.8. The number of morpholine rings is 2. The average molecular weight is 409 g/mol. The molecule has 154 valence electrons. The van der Waals surface area contributed by atoms with Crippen LogP contribution in [0.1, 0.15) is 19.4 Å². The molecule has 2 aliphatic rings. The van der Waals surface area contributed by atoms with Gasteiger partial charge < -0.3 is 28.7 Å². The van der Waals surface area contributed by atoms with Gasteiger partial charge in [0.05, 0.1) is 32.5 Å². The van der Waals surface area contributed by atoms with Crippen LogP contribution in [-0.2, 0) is 14.3 Å². The van der Waals surface area contributed by atoms with Gasteiger partial charge in [0.1, 0.15) is 4.99 Å². The number of thiocarbonyl (C=S) groups is 1. The molecule has 0 aliphatic carbocycles. The van der Waals surface area contributed by atoms with Gasteiger partial charge in [-0.2, -0.15) is 0 Å². The summed E-state index contributed by atoms with van der Waals surface area (Å²) in [6, 6.07) is 5.58. The Morgan fingerprint density at radius 1 is 1.14 bits per heavy atom. The molecule has 3 rings (SSSR count). The van der Waals surface area contributed by atoms with Crippen molar-refractivity contribution in [3.05, 3.63) is 23.8 Å². The molecule has 0 N–H and O–H groups in total. The number of benzene rings is 1. The molecule has 2 aliphatic heterocycles. The van der Waals surface area contributed by atoms with E-state index in [4.69, 9.17) is 31.2 Å². The fourth-order valence-electron chi connectivity index (χ4n) is 3.49. The molecule has 2 fully saturated rings. The predicted octanol–water partition coefficient (Wildman–Crippen LogP) is 1.72. The molecule has 1 aromatic rings. The molecule has 0 unspecified atom stereocenters. The largest absolute Gasteiger partial charge is 0.493 e. The summed E-state index contributed by atoms with van der Waals surface area (Å²) < 4.78 is 22.2. The number of hydrogen-bond acceptors (Lipinski definition) is 6. The number of hydrogen-bond donors (Lipinski definition) is 0. The van der Waals surface area contributed by atoms with E-state index in [0.29, 0.717) is 37.8 Å². The molecule has 0 spiro atoms. The number of carbonyl (C=O) groups is 1. The molecule has 28 heavy (non-hydrogen) atoms. The normalized spacial score (nSPS) is 22.7. The van der Waals surface area contributed by atoms with Gasteiger partial charge >= 0.3 is 0 Å². The number of ether oxygens (including phenoxy) is 4. The molecule has 1 amide bonds. The van der Waals surface area contributed by atoms with Crippen molar-refractivity contribution >= 4 is 23.1 Å². The Kier molecular flexibility index (Phi) is 7.09. The maximum absolute atomic E-state index is 12.3. The molecule has 0 aromatic heterocycles. The molecular weight excluding hydrogens is 380 g/mol. The monoisotopic (exact) mass is 408 g/mol. The second-order valence-corrected chi connectivity index (χ2v) is 7.50. The molecule has 7 nitrogen and oxygen atoms in total. The Bertz CT molecular complexity index is 698. The molecular formula is C20H28N2O5S. The van der Waals surface area contributed by atoms with E-state index in [1.54, 1.807) is 18.1 Å². The maximum atomic E-state index is 12.3. The summed E-state index contributed by atoms with van der Waals surface area (Å²) in [6.45, 7) is 7.93. The maximum Gasteiger partial charge on any atom is 0.260 e. The summed E-state index contributed by atoms with van der Waals surface area (Å²) in [4.78, 5) is 16.9. The van der Waals surface area contributed by atoms with Crippen LogP contribution in [0.25, 0.3) is 0 Å². The Hall–Kier alpha value is -1.90. The third kappa shape index (κ3) is 5.12. The van der Waals surface area contributed by atoms with Gasteiger partial charge in [-0.05, 0) is 32.0 Å². The van der Waals surface area contributed by atoms with Crippen molar-refractivity contribution in [1.82, 2.24) is 9.80 Å². The van der Waals surface area contributed by atoms with Gasteiger partial charge in [0.15, 0.2) is 18.1 Å². The highest BCUT2D eigenvalue weighted by atomic mass is 32.1. The number of amides is 1. The van der Waals surface area contributed by atoms with Crippen LogP contribution in [0.4, 0.5) is 0 Å². The average Bonchev–Trinajstić information content (AvgIpc) is 2.71.